The van der Waals surface area contributed by atoms with E-state index in [1.165, 1.54) is 12.8 Å². The zero-order valence-electron chi connectivity index (χ0n) is 20.3. The number of carbonyl (C=O) groups excluding carboxylic acids is 1. The zero-order chi connectivity index (χ0) is 25.1. The Bertz CT molecular complexity index is 1320. The van der Waals surface area contributed by atoms with Crippen molar-refractivity contribution >= 4 is 34.6 Å². The van der Waals surface area contributed by atoms with Gasteiger partial charge in [-0.3, -0.25) is 4.79 Å². The molecule has 2 aromatic heterocycles. The predicted octanol–water partition coefficient (Wildman–Crippen LogP) is 3.88. The maximum absolute atomic E-state index is 13.8. The molecule has 2 saturated heterocycles. The third-order valence-corrected chi connectivity index (χ3v) is 7.83. The highest BCUT2D eigenvalue weighted by Crippen LogP contribution is 2.54. The number of nitrogens with two attached hydrogens (primary N) is 1. The number of nitrogens with one attached hydrogen (secondary N) is 1. The molecule has 1 spiro atoms. The Labute approximate surface area is 207 Å². The van der Waals surface area contributed by atoms with Crippen molar-refractivity contribution in [3.63, 3.8) is 0 Å². The van der Waals surface area contributed by atoms with Crippen molar-refractivity contribution < 1.29 is 13.6 Å². The number of hydrogen-bond donors (Lipinski definition) is 2. The van der Waals surface area contributed by atoms with Crippen molar-refractivity contribution in [1.29, 1.82) is 0 Å². The Morgan fingerprint density at radius 2 is 1.69 bits per heavy atom. The van der Waals surface area contributed by atoms with E-state index in [0.29, 0.717) is 34.0 Å². The average Bonchev–Trinajstić information content (AvgIpc) is 3.48. The summed E-state index contributed by atoms with van der Waals surface area (Å²) in [5, 5.41) is 7.28. The van der Waals surface area contributed by atoms with Crippen molar-refractivity contribution in [2.75, 3.05) is 47.0 Å². The second-order valence-electron chi connectivity index (χ2n) is 10.4. The fourth-order valence-electron chi connectivity index (χ4n) is 5.38. The predicted molar refractivity (Wildman–Crippen MR) is 134 cm³/mol. The second kappa shape index (κ2) is 8.28. The van der Waals surface area contributed by atoms with Crippen LogP contribution >= 0.6 is 0 Å². The van der Waals surface area contributed by atoms with Crippen LogP contribution < -0.4 is 20.9 Å². The van der Waals surface area contributed by atoms with Crippen LogP contribution in [0.1, 0.15) is 54.7 Å². The molecule has 1 amide bonds. The molecule has 1 aliphatic carbocycles. The topological polar surface area (TPSA) is 105 Å². The molecule has 1 aromatic carbocycles. The van der Waals surface area contributed by atoms with Gasteiger partial charge in [-0.05, 0) is 56.2 Å². The maximum Gasteiger partial charge on any atom is 0.258 e. The molecule has 9 nitrogen and oxygen atoms in total. The third-order valence-electron chi connectivity index (χ3n) is 7.83. The summed E-state index contributed by atoms with van der Waals surface area (Å²) < 4.78 is 29.1. The number of benzene rings is 1. The van der Waals surface area contributed by atoms with Gasteiger partial charge in [-0.15, -0.1) is 0 Å². The van der Waals surface area contributed by atoms with Gasteiger partial charge in [0.15, 0.2) is 17.3 Å². The average molecular weight is 497 g/mol. The van der Waals surface area contributed by atoms with E-state index >= 15 is 0 Å². The lowest BCUT2D eigenvalue weighted by atomic mass is 9.93. The summed E-state index contributed by atoms with van der Waals surface area (Å²) in [4.78, 5) is 26.5. The van der Waals surface area contributed by atoms with Gasteiger partial charge in [0.05, 0.1) is 17.4 Å². The maximum atomic E-state index is 13.8. The summed E-state index contributed by atoms with van der Waals surface area (Å²) in [5.41, 5.74) is 9.03. The Kier molecular flexibility index (Phi) is 5.27. The van der Waals surface area contributed by atoms with Gasteiger partial charge in [-0.2, -0.15) is 5.10 Å². The minimum absolute atomic E-state index is 0.150. The van der Waals surface area contributed by atoms with Crippen molar-refractivity contribution in [3.8, 4) is 0 Å². The van der Waals surface area contributed by atoms with E-state index < -0.39 is 5.92 Å². The standard InChI is InChI=1S/C25H30F2N8O/c1-16-29-22-21(34-12-8-25(26,27)9-13-34)30-20(15-35(22)32-16)31-23(36)18-3-2-17(28)14-19(18)33-10-6-24(4-5-24)7-11-33/h2-3,14-15H,4-13,28H2,1H3,(H,31,36). The quantitative estimate of drug-likeness (QED) is 0.528. The summed E-state index contributed by atoms with van der Waals surface area (Å²) in [6, 6.07) is 5.32. The first kappa shape index (κ1) is 22.9. The Hall–Kier alpha value is -3.50. The number of fused-ring (bicyclic) bond motifs is 1. The molecular weight excluding hydrogens is 466 g/mol. The number of aryl methyl sites for hydroxylation is 1. The molecule has 3 N–H and O–H groups in total. The molecule has 36 heavy (non-hydrogen) atoms. The first-order valence-electron chi connectivity index (χ1n) is 12.5. The van der Waals surface area contributed by atoms with Crippen LogP contribution in [0.15, 0.2) is 24.4 Å². The number of rotatable bonds is 4. The van der Waals surface area contributed by atoms with Crippen LogP contribution in [0.3, 0.4) is 0 Å². The van der Waals surface area contributed by atoms with Gasteiger partial charge in [-0.1, -0.05) is 0 Å². The Morgan fingerprint density at radius 1 is 1.00 bits per heavy atom. The summed E-state index contributed by atoms with van der Waals surface area (Å²) >= 11 is 0. The van der Waals surface area contributed by atoms with E-state index in [2.05, 4.69) is 25.3 Å². The van der Waals surface area contributed by atoms with Gasteiger partial charge < -0.3 is 20.9 Å². The monoisotopic (exact) mass is 496 g/mol. The molecule has 0 bridgehead atoms. The number of nitrogens with zero attached hydrogens (tertiary/aromatic N) is 6. The third kappa shape index (κ3) is 4.31. The molecule has 3 fully saturated rings. The number of amides is 1. The number of aromatic nitrogens is 4. The fraction of sp³-hybridized carbons (Fsp3) is 0.520. The van der Waals surface area contributed by atoms with Crippen LogP contribution in [0.5, 0.6) is 0 Å². The number of anilines is 4. The van der Waals surface area contributed by atoms with Crippen molar-refractivity contribution in [3.05, 3.63) is 35.8 Å². The van der Waals surface area contributed by atoms with E-state index in [4.69, 9.17) is 5.73 Å². The molecular formula is C25H30F2N8O. The van der Waals surface area contributed by atoms with Gasteiger partial charge in [0, 0.05) is 44.7 Å². The lowest BCUT2D eigenvalue weighted by molar-refractivity contribution is -0.0221. The normalized spacial score (nSPS) is 20.6. The van der Waals surface area contributed by atoms with Gasteiger partial charge >= 0.3 is 0 Å². The molecule has 1 saturated carbocycles. The highest BCUT2D eigenvalue weighted by Gasteiger charge is 2.44. The summed E-state index contributed by atoms with van der Waals surface area (Å²) in [6.45, 7) is 3.85. The van der Waals surface area contributed by atoms with Gasteiger partial charge in [0.25, 0.3) is 11.8 Å². The van der Waals surface area contributed by atoms with Crippen molar-refractivity contribution in [2.45, 2.75) is 51.4 Å². The lowest BCUT2D eigenvalue weighted by Crippen LogP contribution is -2.40. The number of hydrogen-bond acceptors (Lipinski definition) is 7. The van der Waals surface area contributed by atoms with E-state index in [1.807, 2.05) is 6.07 Å². The smallest absolute Gasteiger partial charge is 0.258 e. The van der Waals surface area contributed by atoms with E-state index in [-0.39, 0.29) is 37.7 Å². The SMILES string of the molecule is Cc1nc2c(N3CCC(F)(F)CC3)nc(NC(=O)c3ccc(N)cc3N3CCC4(CC3)CC4)cn2n1. The van der Waals surface area contributed by atoms with E-state index in [1.54, 1.807) is 34.7 Å². The molecule has 190 valence electrons. The molecule has 6 rings (SSSR count). The molecule has 0 radical (unpaired) electrons. The summed E-state index contributed by atoms with van der Waals surface area (Å²) in [7, 11) is 0. The van der Waals surface area contributed by atoms with E-state index in [0.717, 1.165) is 31.6 Å². The molecule has 4 heterocycles. The highest BCUT2D eigenvalue weighted by molar-refractivity contribution is 6.08. The van der Waals surface area contributed by atoms with E-state index in [9.17, 15) is 13.6 Å². The summed E-state index contributed by atoms with van der Waals surface area (Å²) in [6.07, 6.45) is 5.96. The van der Waals surface area contributed by atoms with Crippen LogP contribution in [0.2, 0.25) is 0 Å². The fourth-order valence-corrected chi connectivity index (χ4v) is 5.38. The van der Waals surface area contributed by atoms with Crippen molar-refractivity contribution in [1.82, 2.24) is 19.6 Å². The Balaban J connectivity index is 1.29. The minimum atomic E-state index is -2.68. The van der Waals surface area contributed by atoms with Gasteiger partial charge in [-0.25, -0.2) is 23.3 Å². The zero-order valence-corrected chi connectivity index (χ0v) is 20.3. The number of nitrogen functional groups attached to an aromatic ring is 1. The largest absolute Gasteiger partial charge is 0.399 e. The number of alkyl halides is 2. The molecule has 2 aliphatic heterocycles. The molecule has 0 unspecified atom stereocenters. The van der Waals surface area contributed by atoms with Crippen LogP contribution in [0, 0.1) is 12.3 Å². The Morgan fingerprint density at radius 3 is 2.39 bits per heavy atom. The number of piperidine rings is 2. The number of carbonyl (C=O) groups is 1. The highest BCUT2D eigenvalue weighted by atomic mass is 19.3. The van der Waals surface area contributed by atoms with Crippen LogP contribution in [-0.4, -0.2) is 57.6 Å². The second-order valence-corrected chi connectivity index (χ2v) is 10.4. The molecule has 3 aromatic rings. The first-order chi connectivity index (χ1) is 17.2. The van der Waals surface area contributed by atoms with Crippen LogP contribution in [0.4, 0.5) is 31.8 Å². The molecule has 0 atom stereocenters. The summed E-state index contributed by atoms with van der Waals surface area (Å²) in [5.74, 6) is -1.74. The van der Waals surface area contributed by atoms with Gasteiger partial charge in [0.1, 0.15) is 5.82 Å². The number of halogens is 2. The van der Waals surface area contributed by atoms with Crippen LogP contribution in [-0.2, 0) is 0 Å². The lowest BCUT2D eigenvalue weighted by Gasteiger charge is -2.35. The van der Waals surface area contributed by atoms with Gasteiger partial charge in [0.2, 0.25) is 0 Å². The molecule has 11 heteroatoms. The minimum Gasteiger partial charge on any atom is -0.399 e. The van der Waals surface area contributed by atoms with Crippen molar-refractivity contribution in [2.24, 2.45) is 5.41 Å². The first-order valence-corrected chi connectivity index (χ1v) is 12.5. The molecule has 3 aliphatic rings. The van der Waals surface area contributed by atoms with Crippen LogP contribution in [0.25, 0.3) is 5.65 Å².